The van der Waals surface area contributed by atoms with E-state index in [1.807, 2.05) is 42.5 Å². The van der Waals surface area contributed by atoms with Crippen LogP contribution in [0.2, 0.25) is 0 Å². The van der Waals surface area contributed by atoms with Gasteiger partial charge >= 0.3 is 0 Å². The Bertz CT molecular complexity index is 698. The molecule has 1 atom stereocenters. The molecule has 3 rings (SSSR count). The third-order valence-electron chi connectivity index (χ3n) is 3.92. The summed E-state index contributed by atoms with van der Waals surface area (Å²) in [5.74, 6) is 0.229. The molecule has 0 aromatic heterocycles. The molecule has 1 fully saturated rings. The van der Waals surface area contributed by atoms with Gasteiger partial charge in [0.25, 0.3) is 0 Å². The van der Waals surface area contributed by atoms with Crippen molar-refractivity contribution in [2.75, 3.05) is 23.9 Å². The van der Waals surface area contributed by atoms with Gasteiger partial charge in [-0.2, -0.15) is 0 Å². The molecule has 5 nitrogen and oxygen atoms in total. The number of benzene rings is 2. The van der Waals surface area contributed by atoms with E-state index in [1.165, 1.54) is 0 Å². The Hall–Kier alpha value is -2.82. The molecule has 23 heavy (non-hydrogen) atoms. The lowest BCUT2D eigenvalue weighted by Gasteiger charge is -2.17. The van der Waals surface area contributed by atoms with Crippen LogP contribution < -0.4 is 15.0 Å². The van der Waals surface area contributed by atoms with Crippen LogP contribution in [0.3, 0.4) is 0 Å². The average Bonchev–Trinajstić information content (AvgIpc) is 2.98. The average molecular weight is 310 g/mol. The molecule has 0 saturated carbocycles. The van der Waals surface area contributed by atoms with Crippen molar-refractivity contribution < 1.29 is 14.3 Å². The first-order valence-corrected chi connectivity index (χ1v) is 7.47. The minimum atomic E-state index is -0.343. The highest BCUT2D eigenvalue weighted by Gasteiger charge is 2.35. The molecular formula is C18H18N2O3. The number of rotatable bonds is 4. The zero-order chi connectivity index (χ0) is 16.2. The molecule has 1 N–H and O–H groups in total. The lowest BCUT2D eigenvalue weighted by atomic mass is 10.1. The zero-order valence-electron chi connectivity index (χ0n) is 12.9. The molecule has 0 aliphatic carbocycles. The molecular weight excluding hydrogens is 292 g/mol. The van der Waals surface area contributed by atoms with Crippen LogP contribution >= 0.6 is 0 Å². The second-order valence-electron chi connectivity index (χ2n) is 5.46. The summed E-state index contributed by atoms with van der Waals surface area (Å²) in [6, 6.07) is 16.5. The van der Waals surface area contributed by atoms with E-state index in [0.717, 1.165) is 17.1 Å². The minimum Gasteiger partial charge on any atom is -0.497 e. The summed E-state index contributed by atoms with van der Waals surface area (Å²) in [6.07, 6.45) is 0.227. The lowest BCUT2D eigenvalue weighted by Crippen LogP contribution is -2.28. The van der Waals surface area contributed by atoms with Crippen molar-refractivity contribution in [1.29, 1.82) is 0 Å². The molecule has 118 valence electrons. The van der Waals surface area contributed by atoms with Crippen LogP contribution in [-0.2, 0) is 9.59 Å². The van der Waals surface area contributed by atoms with Crippen LogP contribution in [0.15, 0.2) is 54.6 Å². The number of amides is 2. The van der Waals surface area contributed by atoms with Crippen molar-refractivity contribution in [3.8, 4) is 5.75 Å². The number of hydrogen-bond acceptors (Lipinski definition) is 3. The maximum Gasteiger partial charge on any atom is 0.229 e. The van der Waals surface area contributed by atoms with Gasteiger partial charge in [0, 0.05) is 24.3 Å². The smallest absolute Gasteiger partial charge is 0.229 e. The van der Waals surface area contributed by atoms with E-state index < -0.39 is 0 Å². The summed E-state index contributed by atoms with van der Waals surface area (Å²) in [4.78, 5) is 26.2. The first-order chi connectivity index (χ1) is 11.2. The van der Waals surface area contributed by atoms with Gasteiger partial charge in [0.1, 0.15) is 5.75 Å². The third-order valence-corrected chi connectivity index (χ3v) is 3.92. The standard InChI is InChI=1S/C18H18N2O3/c1-23-16-9-7-15(8-10-16)20-12-13(11-17(20)21)18(22)19-14-5-3-2-4-6-14/h2-10,13H,11-12H2,1H3,(H,19,22)/t13-/m0/s1. The minimum absolute atomic E-state index is 0.0385. The first kappa shape index (κ1) is 15.1. The Kier molecular flexibility index (Phi) is 4.28. The molecule has 0 radical (unpaired) electrons. The van der Waals surface area contributed by atoms with E-state index in [9.17, 15) is 9.59 Å². The fourth-order valence-corrected chi connectivity index (χ4v) is 2.66. The Morgan fingerprint density at radius 3 is 2.48 bits per heavy atom. The molecule has 2 aromatic rings. The Morgan fingerprint density at radius 2 is 1.83 bits per heavy atom. The van der Waals surface area contributed by atoms with Gasteiger partial charge < -0.3 is 15.0 Å². The predicted molar refractivity (Wildman–Crippen MR) is 88.5 cm³/mol. The second-order valence-corrected chi connectivity index (χ2v) is 5.46. The van der Waals surface area contributed by atoms with Crippen LogP contribution in [0.5, 0.6) is 5.75 Å². The maximum absolute atomic E-state index is 12.3. The molecule has 1 saturated heterocycles. The van der Waals surface area contributed by atoms with Crippen molar-refractivity contribution in [1.82, 2.24) is 0 Å². The summed E-state index contributed by atoms with van der Waals surface area (Å²) in [6.45, 7) is 0.393. The number of nitrogens with one attached hydrogen (secondary N) is 1. The summed E-state index contributed by atoms with van der Waals surface area (Å²) in [5, 5.41) is 2.86. The van der Waals surface area contributed by atoms with Crippen molar-refractivity contribution in [3.05, 3.63) is 54.6 Å². The summed E-state index contributed by atoms with van der Waals surface area (Å²) in [7, 11) is 1.60. The summed E-state index contributed by atoms with van der Waals surface area (Å²) >= 11 is 0. The normalized spacial score (nSPS) is 17.2. The van der Waals surface area contributed by atoms with Gasteiger partial charge in [-0.25, -0.2) is 0 Å². The third kappa shape index (κ3) is 3.34. The number of nitrogens with zero attached hydrogens (tertiary/aromatic N) is 1. The van der Waals surface area contributed by atoms with Gasteiger partial charge in [-0.15, -0.1) is 0 Å². The number of carbonyl (C=O) groups excluding carboxylic acids is 2. The number of carbonyl (C=O) groups is 2. The van der Waals surface area contributed by atoms with E-state index in [4.69, 9.17) is 4.74 Å². The summed E-state index contributed by atoms with van der Waals surface area (Å²) in [5.41, 5.74) is 1.53. The Balaban J connectivity index is 1.67. The SMILES string of the molecule is COc1ccc(N2C[C@@H](C(=O)Nc3ccccc3)CC2=O)cc1. The van der Waals surface area contributed by atoms with Crippen LogP contribution in [0.25, 0.3) is 0 Å². The molecule has 0 unspecified atom stereocenters. The van der Waals surface area contributed by atoms with Gasteiger partial charge in [-0.05, 0) is 36.4 Å². The fraction of sp³-hybridized carbons (Fsp3) is 0.222. The molecule has 2 aromatic carbocycles. The molecule has 0 spiro atoms. The Labute approximate surface area is 134 Å². The number of ether oxygens (including phenoxy) is 1. The topological polar surface area (TPSA) is 58.6 Å². The maximum atomic E-state index is 12.3. The number of hydrogen-bond donors (Lipinski definition) is 1. The van der Waals surface area contributed by atoms with Crippen LogP contribution in [0.4, 0.5) is 11.4 Å². The van der Waals surface area contributed by atoms with Gasteiger partial charge in [0.15, 0.2) is 0 Å². The fourth-order valence-electron chi connectivity index (χ4n) is 2.66. The number of methoxy groups -OCH3 is 1. The Morgan fingerprint density at radius 1 is 1.13 bits per heavy atom. The van der Waals surface area contributed by atoms with E-state index in [-0.39, 0.29) is 24.2 Å². The molecule has 1 heterocycles. The van der Waals surface area contributed by atoms with Crippen LogP contribution in [-0.4, -0.2) is 25.5 Å². The van der Waals surface area contributed by atoms with E-state index in [2.05, 4.69) is 5.32 Å². The lowest BCUT2D eigenvalue weighted by molar-refractivity contribution is -0.122. The van der Waals surface area contributed by atoms with Gasteiger partial charge in [-0.1, -0.05) is 18.2 Å². The van der Waals surface area contributed by atoms with Crippen LogP contribution in [0, 0.1) is 5.92 Å². The molecule has 0 bridgehead atoms. The van der Waals surface area contributed by atoms with Gasteiger partial charge in [-0.3, -0.25) is 9.59 Å². The predicted octanol–water partition coefficient (Wildman–Crippen LogP) is 2.69. The van der Waals surface area contributed by atoms with E-state index in [0.29, 0.717) is 6.54 Å². The molecule has 1 aliphatic heterocycles. The van der Waals surface area contributed by atoms with Crippen molar-refractivity contribution in [2.45, 2.75) is 6.42 Å². The van der Waals surface area contributed by atoms with Gasteiger partial charge in [0.05, 0.1) is 13.0 Å². The van der Waals surface area contributed by atoms with Crippen molar-refractivity contribution in [3.63, 3.8) is 0 Å². The highest BCUT2D eigenvalue weighted by Crippen LogP contribution is 2.27. The highest BCUT2D eigenvalue weighted by molar-refractivity contribution is 6.03. The van der Waals surface area contributed by atoms with Crippen molar-refractivity contribution in [2.24, 2.45) is 5.92 Å². The molecule has 1 aliphatic rings. The summed E-state index contributed by atoms with van der Waals surface area (Å²) < 4.78 is 5.12. The second kappa shape index (κ2) is 6.52. The van der Waals surface area contributed by atoms with E-state index >= 15 is 0 Å². The molecule has 5 heteroatoms. The largest absolute Gasteiger partial charge is 0.497 e. The van der Waals surface area contributed by atoms with Crippen molar-refractivity contribution >= 4 is 23.2 Å². The quantitative estimate of drug-likeness (QED) is 0.944. The van der Waals surface area contributed by atoms with E-state index in [1.54, 1.807) is 24.1 Å². The van der Waals surface area contributed by atoms with Gasteiger partial charge in [0.2, 0.25) is 11.8 Å². The highest BCUT2D eigenvalue weighted by atomic mass is 16.5. The monoisotopic (exact) mass is 310 g/mol. The zero-order valence-corrected chi connectivity index (χ0v) is 12.9. The van der Waals surface area contributed by atoms with Crippen LogP contribution in [0.1, 0.15) is 6.42 Å². The number of para-hydroxylation sites is 1. The first-order valence-electron chi connectivity index (χ1n) is 7.47. The molecule has 2 amide bonds. The number of anilines is 2.